The number of fused-ring (bicyclic) bond motifs is 1. The first kappa shape index (κ1) is 11.6. The molecule has 86 valence electrons. The molecule has 0 fully saturated rings. The van der Waals surface area contributed by atoms with Crippen molar-refractivity contribution in [3.05, 3.63) is 35.2 Å². The molecular weight excluding hydrogens is 214 g/mol. The van der Waals surface area contributed by atoms with Crippen LogP contribution in [0.2, 0.25) is 0 Å². The lowest BCUT2D eigenvalue weighted by Gasteiger charge is -2.22. The second kappa shape index (κ2) is 4.98. The predicted octanol–water partition coefficient (Wildman–Crippen LogP) is 4.21. The van der Waals surface area contributed by atoms with Crippen molar-refractivity contribution in [1.29, 1.82) is 0 Å². The number of benzene rings is 1. The van der Waals surface area contributed by atoms with Crippen molar-refractivity contribution in [1.82, 2.24) is 5.32 Å². The van der Waals surface area contributed by atoms with Gasteiger partial charge in [0.1, 0.15) is 0 Å². The molecule has 16 heavy (non-hydrogen) atoms. The van der Waals surface area contributed by atoms with Crippen molar-refractivity contribution in [3.8, 4) is 0 Å². The molecule has 2 heteroatoms. The van der Waals surface area contributed by atoms with Gasteiger partial charge in [0.25, 0.3) is 0 Å². The Kier molecular flexibility index (Phi) is 3.62. The van der Waals surface area contributed by atoms with Crippen LogP contribution in [0.3, 0.4) is 0 Å². The van der Waals surface area contributed by atoms with Crippen LogP contribution in [0.4, 0.5) is 0 Å². The van der Waals surface area contributed by atoms with Gasteiger partial charge in [0.15, 0.2) is 0 Å². The first-order valence-electron chi connectivity index (χ1n) is 5.93. The molecule has 0 aliphatic heterocycles. The molecule has 0 saturated heterocycles. The standard InChI is InChI=1S/C14H19NS/c1-4-15-13(10(2)3)12-7-5-6-11-8-9-16-14(11)12/h5-10,13,15H,4H2,1-3H3. The fraction of sp³-hybridized carbons (Fsp3) is 0.429. The van der Waals surface area contributed by atoms with E-state index in [0.29, 0.717) is 12.0 Å². The Balaban J connectivity index is 2.47. The van der Waals surface area contributed by atoms with Gasteiger partial charge < -0.3 is 5.32 Å². The summed E-state index contributed by atoms with van der Waals surface area (Å²) in [4.78, 5) is 0. The molecule has 0 aliphatic rings. The van der Waals surface area contributed by atoms with Crippen LogP contribution in [0, 0.1) is 5.92 Å². The van der Waals surface area contributed by atoms with Crippen LogP contribution in [0.15, 0.2) is 29.6 Å². The minimum atomic E-state index is 0.465. The van der Waals surface area contributed by atoms with Gasteiger partial charge in [0.05, 0.1) is 0 Å². The molecule has 1 aromatic heterocycles. The molecule has 0 saturated carbocycles. The minimum absolute atomic E-state index is 0.465. The lowest BCUT2D eigenvalue weighted by atomic mass is 9.95. The monoisotopic (exact) mass is 233 g/mol. The molecule has 0 spiro atoms. The zero-order valence-corrected chi connectivity index (χ0v) is 11.0. The summed E-state index contributed by atoms with van der Waals surface area (Å²) >= 11 is 1.85. The molecular formula is C14H19NS. The molecule has 1 atom stereocenters. The summed E-state index contributed by atoms with van der Waals surface area (Å²) in [6.45, 7) is 7.74. The predicted molar refractivity (Wildman–Crippen MR) is 73.1 cm³/mol. The Bertz CT molecular complexity index is 458. The van der Waals surface area contributed by atoms with Gasteiger partial charge in [-0.1, -0.05) is 39.0 Å². The highest BCUT2D eigenvalue weighted by Gasteiger charge is 2.17. The molecule has 0 radical (unpaired) electrons. The Morgan fingerprint density at radius 3 is 2.75 bits per heavy atom. The summed E-state index contributed by atoms with van der Waals surface area (Å²) in [5, 5.41) is 7.13. The molecule has 1 aromatic carbocycles. The van der Waals surface area contributed by atoms with E-state index in [1.807, 2.05) is 11.3 Å². The highest BCUT2D eigenvalue weighted by molar-refractivity contribution is 7.17. The van der Waals surface area contributed by atoms with Gasteiger partial charge in [0.2, 0.25) is 0 Å². The SMILES string of the molecule is CCNC(c1cccc2ccsc12)C(C)C. The third-order valence-electron chi connectivity index (χ3n) is 2.94. The maximum atomic E-state index is 3.59. The summed E-state index contributed by atoms with van der Waals surface area (Å²) in [6.07, 6.45) is 0. The van der Waals surface area contributed by atoms with E-state index < -0.39 is 0 Å². The lowest BCUT2D eigenvalue weighted by molar-refractivity contribution is 0.424. The van der Waals surface area contributed by atoms with Crippen LogP contribution < -0.4 is 5.32 Å². The number of hydrogen-bond donors (Lipinski definition) is 1. The van der Waals surface area contributed by atoms with E-state index >= 15 is 0 Å². The highest BCUT2D eigenvalue weighted by Crippen LogP contribution is 2.32. The van der Waals surface area contributed by atoms with Crippen LogP contribution in [0.25, 0.3) is 10.1 Å². The van der Waals surface area contributed by atoms with E-state index in [2.05, 4.69) is 55.7 Å². The second-order valence-electron chi connectivity index (χ2n) is 4.47. The van der Waals surface area contributed by atoms with Crippen LogP contribution in [-0.2, 0) is 0 Å². The van der Waals surface area contributed by atoms with E-state index in [9.17, 15) is 0 Å². The van der Waals surface area contributed by atoms with Gasteiger partial charge in [-0.05, 0) is 34.9 Å². The average Bonchev–Trinajstić information content (AvgIpc) is 2.73. The van der Waals surface area contributed by atoms with Gasteiger partial charge in [-0.3, -0.25) is 0 Å². The second-order valence-corrected chi connectivity index (χ2v) is 5.38. The van der Waals surface area contributed by atoms with Gasteiger partial charge in [-0.25, -0.2) is 0 Å². The van der Waals surface area contributed by atoms with Crippen molar-refractivity contribution < 1.29 is 0 Å². The Hall–Kier alpha value is -0.860. The summed E-state index contributed by atoms with van der Waals surface area (Å²) in [5.41, 5.74) is 1.45. The Morgan fingerprint density at radius 1 is 1.25 bits per heavy atom. The molecule has 1 N–H and O–H groups in total. The van der Waals surface area contributed by atoms with Crippen LogP contribution in [-0.4, -0.2) is 6.54 Å². The number of nitrogens with one attached hydrogen (secondary N) is 1. The molecule has 0 amide bonds. The summed E-state index contributed by atoms with van der Waals surface area (Å²) in [6, 6.07) is 9.28. The van der Waals surface area contributed by atoms with Gasteiger partial charge in [0, 0.05) is 10.7 Å². The van der Waals surface area contributed by atoms with Crippen molar-refractivity contribution >= 4 is 21.4 Å². The molecule has 1 unspecified atom stereocenters. The Labute approximate surface area is 101 Å². The highest BCUT2D eigenvalue weighted by atomic mass is 32.1. The fourth-order valence-corrected chi connectivity index (χ4v) is 3.14. The first-order valence-corrected chi connectivity index (χ1v) is 6.81. The van der Waals surface area contributed by atoms with Crippen LogP contribution >= 0.6 is 11.3 Å². The third-order valence-corrected chi connectivity index (χ3v) is 3.91. The molecule has 1 heterocycles. The van der Waals surface area contributed by atoms with E-state index in [1.165, 1.54) is 15.6 Å². The quantitative estimate of drug-likeness (QED) is 0.834. The van der Waals surface area contributed by atoms with Gasteiger partial charge >= 0.3 is 0 Å². The van der Waals surface area contributed by atoms with Gasteiger partial charge in [-0.15, -0.1) is 11.3 Å². The summed E-state index contributed by atoms with van der Waals surface area (Å²) in [5.74, 6) is 0.618. The molecule has 0 aliphatic carbocycles. The normalized spacial score (nSPS) is 13.5. The molecule has 2 rings (SSSR count). The molecule has 0 bridgehead atoms. The Morgan fingerprint density at radius 2 is 2.06 bits per heavy atom. The molecule has 1 nitrogen and oxygen atoms in total. The number of thiophene rings is 1. The lowest BCUT2D eigenvalue weighted by Crippen LogP contribution is -2.25. The topological polar surface area (TPSA) is 12.0 Å². The molecule has 2 aromatic rings. The van der Waals surface area contributed by atoms with Crippen LogP contribution in [0.5, 0.6) is 0 Å². The van der Waals surface area contributed by atoms with Crippen molar-refractivity contribution in [3.63, 3.8) is 0 Å². The maximum Gasteiger partial charge on any atom is 0.0390 e. The van der Waals surface area contributed by atoms with E-state index in [0.717, 1.165) is 6.54 Å². The summed E-state index contributed by atoms with van der Waals surface area (Å²) < 4.78 is 1.43. The minimum Gasteiger partial charge on any atom is -0.310 e. The largest absolute Gasteiger partial charge is 0.310 e. The van der Waals surface area contributed by atoms with Crippen molar-refractivity contribution in [2.45, 2.75) is 26.8 Å². The average molecular weight is 233 g/mol. The number of hydrogen-bond acceptors (Lipinski definition) is 2. The van der Waals surface area contributed by atoms with Crippen LogP contribution in [0.1, 0.15) is 32.4 Å². The van der Waals surface area contributed by atoms with E-state index in [1.54, 1.807) is 0 Å². The third kappa shape index (κ3) is 2.13. The fourth-order valence-electron chi connectivity index (χ4n) is 2.19. The zero-order valence-electron chi connectivity index (χ0n) is 10.2. The summed E-state index contributed by atoms with van der Waals surface area (Å²) in [7, 11) is 0. The van der Waals surface area contributed by atoms with Gasteiger partial charge in [-0.2, -0.15) is 0 Å². The van der Waals surface area contributed by atoms with Crippen molar-refractivity contribution in [2.24, 2.45) is 5.92 Å². The smallest absolute Gasteiger partial charge is 0.0390 e. The zero-order chi connectivity index (χ0) is 11.5. The van der Waals surface area contributed by atoms with Crippen molar-refractivity contribution in [2.75, 3.05) is 6.54 Å². The number of rotatable bonds is 4. The maximum absolute atomic E-state index is 3.59. The van der Waals surface area contributed by atoms with E-state index in [4.69, 9.17) is 0 Å². The van der Waals surface area contributed by atoms with E-state index in [-0.39, 0.29) is 0 Å². The first-order chi connectivity index (χ1) is 7.74.